The number of carbonyl (C=O) groups is 2. The lowest BCUT2D eigenvalue weighted by Crippen LogP contribution is -2.72. The molecule has 160 valence electrons. The van der Waals surface area contributed by atoms with Gasteiger partial charge >= 0.3 is 12.2 Å². The van der Waals surface area contributed by atoms with Crippen molar-refractivity contribution in [2.45, 2.75) is 17.9 Å². The summed E-state index contributed by atoms with van der Waals surface area (Å²) >= 11 is 0. The van der Waals surface area contributed by atoms with E-state index in [1.165, 1.54) is 56.1 Å². The Labute approximate surface area is 169 Å². The third-order valence-corrected chi connectivity index (χ3v) is 4.80. The fraction of sp³-hybridized carbons (Fsp3) is 0.316. The zero-order chi connectivity index (χ0) is 22.1. The molecule has 3 rings (SSSR count). The monoisotopic (exact) mass is 425 g/mol. The number of pyridine rings is 1. The van der Waals surface area contributed by atoms with Gasteiger partial charge in [-0.25, -0.2) is 4.79 Å². The van der Waals surface area contributed by atoms with Gasteiger partial charge in [0.25, 0.3) is 0 Å². The first-order valence-electron chi connectivity index (χ1n) is 8.66. The first-order valence-corrected chi connectivity index (χ1v) is 8.66. The van der Waals surface area contributed by atoms with E-state index in [1.54, 1.807) is 0 Å². The lowest BCUT2D eigenvalue weighted by atomic mass is 9.77. The predicted molar refractivity (Wildman–Crippen MR) is 97.0 cm³/mol. The molecule has 0 bridgehead atoms. The van der Waals surface area contributed by atoms with Gasteiger partial charge in [0, 0.05) is 18.0 Å². The summed E-state index contributed by atoms with van der Waals surface area (Å²) in [6.45, 7) is 0. The zero-order valence-electron chi connectivity index (χ0n) is 15.9. The fourth-order valence-electron chi connectivity index (χ4n) is 3.35. The van der Waals surface area contributed by atoms with E-state index in [0.717, 1.165) is 6.20 Å². The summed E-state index contributed by atoms with van der Waals surface area (Å²) < 4.78 is 51.9. The standard InChI is InChI=1S/C19H18F3N3O5/c1-29-12-6-5-10(8-13(12)30-2)15-14(16(26)11-4-3-7-23-9-11)18(28,19(20,21)22)25-17(27)24-15/h3-9,14-15,28H,1-2H3,(H2,24,25,27)/t14-,15+,18-/m0/s1. The molecule has 1 saturated heterocycles. The molecule has 1 fully saturated rings. The summed E-state index contributed by atoms with van der Waals surface area (Å²) in [6.07, 6.45) is -2.91. The van der Waals surface area contributed by atoms with Crippen LogP contribution < -0.4 is 20.1 Å². The molecule has 2 aromatic rings. The van der Waals surface area contributed by atoms with Crippen molar-refractivity contribution in [2.24, 2.45) is 5.92 Å². The van der Waals surface area contributed by atoms with Crippen LogP contribution in [0.1, 0.15) is 22.0 Å². The van der Waals surface area contributed by atoms with Gasteiger partial charge in [0.15, 0.2) is 17.3 Å². The lowest BCUT2D eigenvalue weighted by molar-refractivity contribution is -0.287. The third-order valence-electron chi connectivity index (χ3n) is 4.80. The van der Waals surface area contributed by atoms with Crippen LogP contribution in [0.3, 0.4) is 0 Å². The molecule has 2 amide bonds. The molecular formula is C19H18F3N3O5. The maximum absolute atomic E-state index is 13.9. The van der Waals surface area contributed by atoms with Crippen LogP contribution in [0.25, 0.3) is 0 Å². The molecule has 0 saturated carbocycles. The Morgan fingerprint density at radius 1 is 1.20 bits per heavy atom. The van der Waals surface area contributed by atoms with Crippen molar-refractivity contribution in [1.82, 2.24) is 15.6 Å². The van der Waals surface area contributed by atoms with Crippen LogP contribution in [0.4, 0.5) is 18.0 Å². The van der Waals surface area contributed by atoms with Crippen molar-refractivity contribution in [1.29, 1.82) is 0 Å². The molecule has 2 heterocycles. The molecule has 3 N–H and O–H groups in total. The summed E-state index contributed by atoms with van der Waals surface area (Å²) in [5, 5.41) is 14.3. The summed E-state index contributed by atoms with van der Waals surface area (Å²) in [5.41, 5.74) is -3.87. The number of carbonyl (C=O) groups excluding carboxylic acids is 2. The topological polar surface area (TPSA) is 110 Å². The summed E-state index contributed by atoms with van der Waals surface area (Å²) in [4.78, 5) is 28.9. The SMILES string of the molecule is COc1ccc([C@H]2NC(=O)N[C@@](O)(C(F)(F)F)[C@@H]2C(=O)c2cccnc2)cc1OC. The predicted octanol–water partition coefficient (Wildman–Crippen LogP) is 2.20. The van der Waals surface area contributed by atoms with Crippen LogP contribution in [0.5, 0.6) is 11.5 Å². The van der Waals surface area contributed by atoms with E-state index in [1.807, 2.05) is 0 Å². The third kappa shape index (κ3) is 3.63. The van der Waals surface area contributed by atoms with Gasteiger partial charge in [0.2, 0.25) is 5.72 Å². The quantitative estimate of drug-likeness (QED) is 0.634. The average molecular weight is 425 g/mol. The Balaban J connectivity index is 2.18. The summed E-state index contributed by atoms with van der Waals surface area (Å²) in [6, 6.07) is 3.95. The van der Waals surface area contributed by atoms with Crippen molar-refractivity contribution in [3.63, 3.8) is 0 Å². The van der Waals surface area contributed by atoms with Gasteiger partial charge < -0.3 is 25.2 Å². The number of amides is 2. The first kappa shape index (κ1) is 21.4. The molecule has 0 spiro atoms. The highest BCUT2D eigenvalue weighted by Gasteiger charge is 2.66. The number of rotatable bonds is 5. The Bertz CT molecular complexity index is 954. The van der Waals surface area contributed by atoms with E-state index in [4.69, 9.17) is 9.47 Å². The second kappa shape index (κ2) is 7.82. The Kier molecular flexibility index (Phi) is 5.57. The van der Waals surface area contributed by atoms with Gasteiger partial charge in [-0.15, -0.1) is 0 Å². The van der Waals surface area contributed by atoms with Gasteiger partial charge in [-0.2, -0.15) is 13.2 Å². The number of ether oxygens (including phenoxy) is 2. The number of alkyl halides is 3. The fourth-order valence-corrected chi connectivity index (χ4v) is 3.35. The summed E-state index contributed by atoms with van der Waals surface area (Å²) in [5.74, 6) is -2.75. The minimum absolute atomic E-state index is 0.104. The van der Waals surface area contributed by atoms with Crippen LogP contribution in [0.2, 0.25) is 0 Å². The largest absolute Gasteiger partial charge is 0.493 e. The van der Waals surface area contributed by atoms with Crippen molar-refractivity contribution < 1.29 is 37.3 Å². The minimum atomic E-state index is -5.35. The molecular weight excluding hydrogens is 407 g/mol. The van der Waals surface area contributed by atoms with E-state index < -0.39 is 35.7 Å². The van der Waals surface area contributed by atoms with Crippen molar-refractivity contribution in [3.05, 3.63) is 53.9 Å². The number of nitrogens with zero attached hydrogens (tertiary/aromatic N) is 1. The number of aliphatic hydroxyl groups is 1. The van der Waals surface area contributed by atoms with Crippen LogP contribution in [0, 0.1) is 5.92 Å². The number of ketones is 1. The van der Waals surface area contributed by atoms with Gasteiger partial charge in [0.05, 0.1) is 20.3 Å². The molecule has 3 atom stereocenters. The molecule has 0 radical (unpaired) electrons. The zero-order valence-corrected chi connectivity index (χ0v) is 15.9. The first-order chi connectivity index (χ1) is 14.1. The van der Waals surface area contributed by atoms with Gasteiger partial charge in [-0.1, -0.05) is 6.07 Å². The van der Waals surface area contributed by atoms with Gasteiger partial charge in [-0.3, -0.25) is 9.78 Å². The number of hydrogen-bond donors (Lipinski definition) is 3. The molecule has 11 heteroatoms. The molecule has 1 aliphatic rings. The second-order valence-corrected chi connectivity index (χ2v) is 6.54. The Morgan fingerprint density at radius 2 is 1.90 bits per heavy atom. The normalized spacial score (nSPS) is 23.9. The van der Waals surface area contributed by atoms with E-state index in [-0.39, 0.29) is 16.9 Å². The highest BCUT2D eigenvalue weighted by molar-refractivity contribution is 6.00. The van der Waals surface area contributed by atoms with Gasteiger partial charge in [0.1, 0.15) is 5.92 Å². The van der Waals surface area contributed by atoms with Gasteiger partial charge in [-0.05, 0) is 29.8 Å². The molecule has 30 heavy (non-hydrogen) atoms. The lowest BCUT2D eigenvalue weighted by Gasteiger charge is -2.45. The number of halogens is 3. The highest BCUT2D eigenvalue weighted by Crippen LogP contribution is 2.45. The molecule has 0 unspecified atom stereocenters. The number of aromatic nitrogens is 1. The Hall–Kier alpha value is -3.34. The van der Waals surface area contributed by atoms with E-state index >= 15 is 0 Å². The van der Waals surface area contributed by atoms with Crippen LogP contribution in [-0.4, -0.2) is 48.0 Å². The maximum atomic E-state index is 13.9. The van der Waals surface area contributed by atoms with Crippen molar-refractivity contribution in [2.75, 3.05) is 14.2 Å². The average Bonchev–Trinajstić information content (AvgIpc) is 2.72. The summed E-state index contributed by atoms with van der Waals surface area (Å²) in [7, 11) is 2.70. The highest BCUT2D eigenvalue weighted by atomic mass is 19.4. The van der Waals surface area contributed by atoms with Crippen LogP contribution in [-0.2, 0) is 0 Å². The number of methoxy groups -OCH3 is 2. The smallest absolute Gasteiger partial charge is 0.437 e. The number of hydrogen-bond acceptors (Lipinski definition) is 6. The number of Topliss-reactive ketones (excluding diaryl/α,β-unsaturated/α-hetero) is 1. The molecule has 8 nitrogen and oxygen atoms in total. The van der Waals surface area contributed by atoms with Crippen molar-refractivity contribution >= 4 is 11.8 Å². The minimum Gasteiger partial charge on any atom is -0.493 e. The Morgan fingerprint density at radius 3 is 2.47 bits per heavy atom. The van der Waals surface area contributed by atoms with E-state index in [9.17, 15) is 27.9 Å². The van der Waals surface area contributed by atoms with E-state index in [2.05, 4.69) is 10.3 Å². The molecule has 1 aliphatic heterocycles. The molecule has 0 aliphatic carbocycles. The van der Waals surface area contributed by atoms with E-state index in [0.29, 0.717) is 5.75 Å². The molecule has 1 aromatic carbocycles. The van der Waals surface area contributed by atoms with Crippen LogP contribution in [0.15, 0.2) is 42.7 Å². The maximum Gasteiger partial charge on any atom is 0.437 e. The van der Waals surface area contributed by atoms with Crippen LogP contribution >= 0.6 is 0 Å². The van der Waals surface area contributed by atoms with Crippen molar-refractivity contribution in [3.8, 4) is 11.5 Å². The molecule has 1 aromatic heterocycles. The number of urea groups is 1. The second-order valence-electron chi connectivity index (χ2n) is 6.54. The number of nitrogens with one attached hydrogen (secondary N) is 2. The number of benzene rings is 1.